The van der Waals surface area contributed by atoms with Crippen molar-refractivity contribution in [1.29, 1.82) is 5.26 Å². The summed E-state index contributed by atoms with van der Waals surface area (Å²) in [4.78, 5) is 17.0. The number of nitrogens with one attached hydrogen (secondary N) is 1. The van der Waals surface area contributed by atoms with E-state index in [0.29, 0.717) is 10.2 Å². The first-order chi connectivity index (χ1) is 11.4. The number of hydrogen-bond donors (Lipinski definition) is 3. The molecule has 6 nitrogen and oxygen atoms in total. The molecule has 0 radical (unpaired) electrons. The average Bonchev–Trinajstić information content (AvgIpc) is 2.85. The van der Waals surface area contributed by atoms with E-state index in [1.807, 2.05) is 6.07 Å². The number of nitriles is 1. The molecule has 0 saturated carbocycles. The summed E-state index contributed by atoms with van der Waals surface area (Å²) in [6.07, 6.45) is 0. The number of pyridine rings is 1. The van der Waals surface area contributed by atoms with Crippen LogP contribution >= 0.6 is 22.9 Å². The molecule has 3 aromatic rings. The highest BCUT2D eigenvalue weighted by Crippen LogP contribution is 2.34. The number of nitrogen functional groups attached to an aromatic ring is 2. The van der Waals surface area contributed by atoms with Crippen molar-refractivity contribution in [3.05, 3.63) is 45.5 Å². The summed E-state index contributed by atoms with van der Waals surface area (Å²) in [6, 6.07) is 7.27. The van der Waals surface area contributed by atoms with Crippen LogP contribution in [0.3, 0.4) is 0 Å². The first-order valence-corrected chi connectivity index (χ1v) is 7.75. The maximum Gasteiger partial charge on any atom is 0.268 e. The fourth-order valence-corrected chi connectivity index (χ4v) is 3.22. The molecule has 2 heterocycles. The number of rotatable bonds is 2. The third kappa shape index (κ3) is 2.71. The zero-order chi connectivity index (χ0) is 17.4. The summed E-state index contributed by atoms with van der Waals surface area (Å²) < 4.78 is 13.8. The van der Waals surface area contributed by atoms with Crippen molar-refractivity contribution >= 4 is 56.3 Å². The van der Waals surface area contributed by atoms with Crippen LogP contribution in [0, 0.1) is 17.1 Å². The number of benzene rings is 1. The van der Waals surface area contributed by atoms with Crippen LogP contribution in [0.25, 0.3) is 10.2 Å². The normalized spacial score (nSPS) is 10.5. The summed E-state index contributed by atoms with van der Waals surface area (Å²) in [5.74, 6) is -1.19. The van der Waals surface area contributed by atoms with Gasteiger partial charge in [-0.15, -0.1) is 11.3 Å². The number of nitrogens with zero attached hydrogens (tertiary/aromatic N) is 2. The average molecular weight is 362 g/mol. The zero-order valence-corrected chi connectivity index (χ0v) is 13.5. The summed E-state index contributed by atoms with van der Waals surface area (Å²) >= 11 is 6.68. The van der Waals surface area contributed by atoms with Crippen molar-refractivity contribution < 1.29 is 9.18 Å². The van der Waals surface area contributed by atoms with Gasteiger partial charge in [-0.25, -0.2) is 9.37 Å². The Morgan fingerprint density at radius 2 is 2.12 bits per heavy atom. The number of carbonyl (C=O) groups is 1. The highest BCUT2D eigenvalue weighted by molar-refractivity contribution is 7.21. The molecule has 120 valence electrons. The highest BCUT2D eigenvalue weighted by atomic mass is 35.5. The molecule has 0 aliphatic rings. The minimum absolute atomic E-state index is 0.0218. The molecule has 0 saturated heterocycles. The summed E-state index contributed by atoms with van der Waals surface area (Å²) in [5.41, 5.74) is 11.9. The zero-order valence-electron chi connectivity index (χ0n) is 11.9. The van der Waals surface area contributed by atoms with Crippen molar-refractivity contribution in [2.24, 2.45) is 0 Å². The van der Waals surface area contributed by atoms with Crippen molar-refractivity contribution in [2.45, 2.75) is 0 Å². The maximum absolute atomic E-state index is 13.8. The Labute approximate surface area is 144 Å². The quantitative estimate of drug-likeness (QED) is 0.646. The number of amides is 1. The van der Waals surface area contributed by atoms with E-state index in [1.54, 1.807) is 0 Å². The van der Waals surface area contributed by atoms with E-state index in [1.165, 1.54) is 18.2 Å². The van der Waals surface area contributed by atoms with E-state index < -0.39 is 11.7 Å². The Kier molecular flexibility index (Phi) is 3.97. The minimum atomic E-state index is -0.662. The predicted octanol–water partition coefficient (Wildman–Crippen LogP) is 3.38. The number of fused-ring (bicyclic) bond motifs is 1. The van der Waals surface area contributed by atoms with Crippen LogP contribution in [0.4, 0.5) is 21.6 Å². The van der Waals surface area contributed by atoms with Gasteiger partial charge < -0.3 is 16.8 Å². The van der Waals surface area contributed by atoms with Gasteiger partial charge in [0.25, 0.3) is 5.91 Å². The Morgan fingerprint density at radius 1 is 1.38 bits per heavy atom. The van der Waals surface area contributed by atoms with Gasteiger partial charge in [0.2, 0.25) is 0 Å². The van der Waals surface area contributed by atoms with Gasteiger partial charge in [0.15, 0.2) is 0 Å². The molecule has 1 aromatic carbocycles. The topological polar surface area (TPSA) is 118 Å². The predicted molar refractivity (Wildman–Crippen MR) is 92.5 cm³/mol. The monoisotopic (exact) mass is 361 g/mol. The number of aromatic nitrogens is 1. The van der Waals surface area contributed by atoms with Gasteiger partial charge in [-0.05, 0) is 24.3 Å². The molecule has 24 heavy (non-hydrogen) atoms. The summed E-state index contributed by atoms with van der Waals surface area (Å²) in [7, 11) is 0. The molecule has 0 aliphatic heterocycles. The van der Waals surface area contributed by atoms with E-state index in [4.69, 9.17) is 28.3 Å². The third-order valence-electron chi connectivity index (χ3n) is 3.26. The third-order valence-corrected chi connectivity index (χ3v) is 4.61. The molecule has 0 aliphatic carbocycles. The van der Waals surface area contributed by atoms with Gasteiger partial charge in [-0.3, -0.25) is 4.79 Å². The smallest absolute Gasteiger partial charge is 0.268 e. The molecule has 0 spiro atoms. The van der Waals surface area contributed by atoms with Crippen molar-refractivity contribution in [3.8, 4) is 6.07 Å². The molecule has 0 atom stereocenters. The lowest BCUT2D eigenvalue weighted by Crippen LogP contribution is -2.13. The Bertz CT molecular complexity index is 1030. The van der Waals surface area contributed by atoms with Crippen LogP contribution in [0.15, 0.2) is 24.3 Å². The molecule has 3 rings (SSSR count). The highest BCUT2D eigenvalue weighted by Gasteiger charge is 2.20. The van der Waals surface area contributed by atoms with Crippen molar-refractivity contribution in [3.63, 3.8) is 0 Å². The van der Waals surface area contributed by atoms with E-state index in [-0.39, 0.29) is 32.7 Å². The van der Waals surface area contributed by atoms with Crippen molar-refractivity contribution in [2.75, 3.05) is 16.8 Å². The Hall–Kier alpha value is -2.89. The van der Waals surface area contributed by atoms with Crippen LogP contribution in [0.2, 0.25) is 5.02 Å². The van der Waals surface area contributed by atoms with E-state index in [9.17, 15) is 9.18 Å². The number of carbonyl (C=O) groups excluding carboxylic acids is 1. The SMILES string of the molecule is N#Cc1cc2c(N)c(C(=O)Nc3ccc(Cl)cc3F)sc2nc1N. The summed E-state index contributed by atoms with van der Waals surface area (Å²) in [5, 5.41) is 12.1. The Morgan fingerprint density at radius 3 is 2.79 bits per heavy atom. The molecule has 1 amide bonds. The lowest BCUT2D eigenvalue weighted by Gasteiger charge is -2.06. The lowest BCUT2D eigenvalue weighted by molar-refractivity contribution is 0.103. The van der Waals surface area contributed by atoms with E-state index >= 15 is 0 Å². The first-order valence-electron chi connectivity index (χ1n) is 6.55. The van der Waals surface area contributed by atoms with Crippen LogP contribution in [-0.2, 0) is 0 Å². The number of thiophene rings is 1. The van der Waals surface area contributed by atoms with Crippen LogP contribution < -0.4 is 16.8 Å². The summed E-state index contributed by atoms with van der Waals surface area (Å²) in [6.45, 7) is 0. The van der Waals surface area contributed by atoms with Gasteiger partial charge in [0.1, 0.15) is 27.4 Å². The Balaban J connectivity index is 2.01. The molecule has 0 fully saturated rings. The molecule has 2 aromatic heterocycles. The lowest BCUT2D eigenvalue weighted by atomic mass is 10.2. The molecule has 5 N–H and O–H groups in total. The van der Waals surface area contributed by atoms with Gasteiger partial charge in [-0.1, -0.05) is 11.6 Å². The minimum Gasteiger partial charge on any atom is -0.397 e. The number of nitrogens with two attached hydrogens (primary N) is 2. The second-order valence-corrected chi connectivity index (χ2v) is 6.24. The standard InChI is InChI=1S/C15H9ClFN5OS/c16-7-1-2-10(9(17)4-7)21-14(23)12-11(19)8-3-6(5-18)13(20)22-15(8)24-12/h1-4H,19H2,(H2,20,22)(H,21,23). The van der Waals surface area contributed by atoms with Gasteiger partial charge in [0.05, 0.1) is 16.9 Å². The molecule has 0 unspecified atom stereocenters. The van der Waals surface area contributed by atoms with Crippen LogP contribution in [0.5, 0.6) is 0 Å². The van der Waals surface area contributed by atoms with Crippen LogP contribution in [0.1, 0.15) is 15.2 Å². The number of halogens is 2. The van der Waals surface area contributed by atoms with Gasteiger partial charge in [-0.2, -0.15) is 5.26 Å². The van der Waals surface area contributed by atoms with Gasteiger partial charge >= 0.3 is 0 Å². The molecule has 0 bridgehead atoms. The molecular formula is C15H9ClFN5OS. The fourth-order valence-electron chi connectivity index (χ4n) is 2.08. The largest absolute Gasteiger partial charge is 0.397 e. The molecular weight excluding hydrogens is 353 g/mol. The van der Waals surface area contributed by atoms with E-state index in [0.717, 1.165) is 17.4 Å². The number of anilines is 3. The van der Waals surface area contributed by atoms with Crippen LogP contribution in [-0.4, -0.2) is 10.9 Å². The second-order valence-electron chi connectivity index (χ2n) is 4.81. The number of hydrogen-bond acceptors (Lipinski definition) is 6. The molecule has 9 heteroatoms. The second kappa shape index (κ2) is 5.96. The van der Waals surface area contributed by atoms with Crippen molar-refractivity contribution in [1.82, 2.24) is 4.98 Å². The fraction of sp³-hybridized carbons (Fsp3) is 0. The van der Waals surface area contributed by atoms with E-state index in [2.05, 4.69) is 10.3 Å². The first kappa shape index (κ1) is 16.0. The maximum atomic E-state index is 13.8. The van der Waals surface area contributed by atoms with Gasteiger partial charge in [0, 0.05) is 10.4 Å².